The smallest absolute Gasteiger partial charge is 0.348 e. The summed E-state index contributed by atoms with van der Waals surface area (Å²) in [4.78, 5) is 24.0. The fourth-order valence-corrected chi connectivity index (χ4v) is 2.23. The van der Waals surface area contributed by atoms with Crippen molar-refractivity contribution in [1.29, 1.82) is 0 Å². The quantitative estimate of drug-likeness (QED) is 0.705. The van der Waals surface area contributed by atoms with E-state index in [0.717, 1.165) is 0 Å². The van der Waals surface area contributed by atoms with Gasteiger partial charge >= 0.3 is 5.69 Å². The number of benzene rings is 1. The van der Waals surface area contributed by atoms with Crippen molar-refractivity contribution in [3.63, 3.8) is 0 Å². The lowest BCUT2D eigenvalue weighted by molar-refractivity contribution is 0.355. The number of rotatable bonds is 2. The van der Waals surface area contributed by atoms with Gasteiger partial charge in [0.05, 0.1) is 25.3 Å². The number of methoxy groups -OCH3 is 2. The lowest BCUT2D eigenvalue weighted by Gasteiger charge is -2.12. The number of hydrogen-bond donors (Lipinski definition) is 1. The Morgan fingerprint density at radius 3 is 2.30 bits per heavy atom. The molecule has 3 rings (SSSR count). The molecule has 0 bridgehead atoms. The van der Waals surface area contributed by atoms with Gasteiger partial charge in [-0.3, -0.25) is 4.79 Å². The Bertz CT molecular complexity index is 934. The van der Waals surface area contributed by atoms with Gasteiger partial charge in [-0.1, -0.05) is 0 Å². The monoisotopic (exact) mass is 276 g/mol. The van der Waals surface area contributed by atoms with E-state index in [1.165, 1.54) is 23.2 Å². The number of aromatic amines is 1. The summed E-state index contributed by atoms with van der Waals surface area (Å²) in [7, 11) is 4.61. The lowest BCUT2D eigenvalue weighted by atomic mass is 10.2. The van der Waals surface area contributed by atoms with Crippen LogP contribution in [-0.4, -0.2) is 33.4 Å². The highest BCUT2D eigenvalue weighted by Gasteiger charge is 2.15. The minimum Gasteiger partial charge on any atom is -0.493 e. The van der Waals surface area contributed by atoms with Gasteiger partial charge in [-0.05, 0) is 0 Å². The summed E-state index contributed by atoms with van der Waals surface area (Å²) in [6.07, 6.45) is 0. The first-order valence-electron chi connectivity index (χ1n) is 5.80. The summed E-state index contributed by atoms with van der Waals surface area (Å²) in [6.45, 7) is 0. The molecule has 0 amide bonds. The number of nitrogens with one attached hydrogen (secondary N) is 1. The second kappa shape index (κ2) is 4.12. The van der Waals surface area contributed by atoms with Crippen LogP contribution in [0.1, 0.15) is 0 Å². The van der Waals surface area contributed by atoms with Gasteiger partial charge in [0.15, 0.2) is 11.5 Å². The van der Waals surface area contributed by atoms with Crippen LogP contribution in [0.25, 0.3) is 16.7 Å². The van der Waals surface area contributed by atoms with Gasteiger partial charge in [-0.25, -0.2) is 14.3 Å². The fraction of sp³-hybridized carbons (Fsp3) is 0.250. The number of aromatic nitrogens is 4. The summed E-state index contributed by atoms with van der Waals surface area (Å²) in [6, 6.07) is 3.28. The molecule has 0 fully saturated rings. The molecule has 8 nitrogen and oxygen atoms in total. The average molecular weight is 276 g/mol. The number of hydrogen-bond acceptors (Lipinski definition) is 5. The van der Waals surface area contributed by atoms with Crippen LogP contribution >= 0.6 is 0 Å². The zero-order valence-corrected chi connectivity index (χ0v) is 11.1. The van der Waals surface area contributed by atoms with Crippen molar-refractivity contribution in [3.05, 3.63) is 33.0 Å². The summed E-state index contributed by atoms with van der Waals surface area (Å²) in [5.74, 6) is 0.943. The minimum atomic E-state index is -0.477. The maximum absolute atomic E-state index is 12.2. The second-order valence-electron chi connectivity index (χ2n) is 4.25. The molecular weight excluding hydrogens is 264 g/mol. The Balaban J connectivity index is 2.64. The largest absolute Gasteiger partial charge is 0.493 e. The van der Waals surface area contributed by atoms with E-state index in [9.17, 15) is 9.59 Å². The SMILES string of the molecule is COc1cc2c(cc1OC)n1c(=O)[nH]nc1c(=O)n2C. The molecule has 0 unspecified atom stereocenters. The molecule has 1 N–H and O–H groups in total. The zero-order chi connectivity index (χ0) is 14.4. The van der Waals surface area contributed by atoms with Crippen molar-refractivity contribution < 1.29 is 9.47 Å². The maximum atomic E-state index is 12.2. The molecule has 0 spiro atoms. The Labute approximate surface area is 112 Å². The van der Waals surface area contributed by atoms with Gasteiger partial charge in [0.2, 0.25) is 5.65 Å². The second-order valence-corrected chi connectivity index (χ2v) is 4.25. The van der Waals surface area contributed by atoms with E-state index in [1.807, 2.05) is 0 Å². The van der Waals surface area contributed by atoms with Crippen LogP contribution in [0.3, 0.4) is 0 Å². The van der Waals surface area contributed by atoms with E-state index < -0.39 is 5.69 Å². The van der Waals surface area contributed by atoms with Crippen LogP contribution in [0, 0.1) is 0 Å². The van der Waals surface area contributed by atoms with E-state index in [2.05, 4.69) is 10.2 Å². The predicted molar refractivity (Wildman–Crippen MR) is 71.7 cm³/mol. The molecule has 2 aromatic heterocycles. The van der Waals surface area contributed by atoms with Crippen molar-refractivity contribution in [2.75, 3.05) is 14.2 Å². The van der Waals surface area contributed by atoms with E-state index in [-0.39, 0.29) is 11.2 Å². The molecule has 104 valence electrons. The Morgan fingerprint density at radius 2 is 1.70 bits per heavy atom. The molecule has 0 atom stereocenters. The molecular formula is C12H12N4O4. The van der Waals surface area contributed by atoms with Gasteiger partial charge in [0.25, 0.3) is 5.56 Å². The molecule has 0 radical (unpaired) electrons. The van der Waals surface area contributed by atoms with Crippen LogP contribution in [0.2, 0.25) is 0 Å². The van der Waals surface area contributed by atoms with E-state index >= 15 is 0 Å². The van der Waals surface area contributed by atoms with Crippen molar-refractivity contribution in [2.24, 2.45) is 7.05 Å². The fourth-order valence-electron chi connectivity index (χ4n) is 2.23. The van der Waals surface area contributed by atoms with Crippen LogP contribution < -0.4 is 20.7 Å². The highest BCUT2D eigenvalue weighted by Crippen LogP contribution is 2.31. The van der Waals surface area contributed by atoms with Crippen LogP contribution in [-0.2, 0) is 7.05 Å². The zero-order valence-electron chi connectivity index (χ0n) is 11.1. The summed E-state index contributed by atoms with van der Waals surface area (Å²) < 4.78 is 13.1. The molecule has 3 aromatic rings. The Kier molecular flexibility index (Phi) is 2.53. The molecule has 2 heterocycles. The van der Waals surface area contributed by atoms with E-state index in [4.69, 9.17) is 9.47 Å². The van der Waals surface area contributed by atoms with E-state index in [0.29, 0.717) is 22.5 Å². The summed E-state index contributed by atoms with van der Waals surface area (Å²) >= 11 is 0. The first kappa shape index (κ1) is 12.3. The summed E-state index contributed by atoms with van der Waals surface area (Å²) in [5, 5.41) is 6.02. The minimum absolute atomic E-state index is 0.0391. The lowest BCUT2D eigenvalue weighted by Crippen LogP contribution is -2.23. The standard InChI is InChI=1S/C12H12N4O4/c1-15-6-4-8(19-2)9(20-3)5-7(6)16-10(11(15)17)13-14-12(16)18/h4-5H,1-3H3,(H,14,18). The van der Waals surface area contributed by atoms with Gasteiger partial charge in [0.1, 0.15) is 0 Å². The van der Waals surface area contributed by atoms with Gasteiger partial charge < -0.3 is 14.0 Å². The molecule has 1 aromatic carbocycles. The molecule has 0 saturated heterocycles. The van der Waals surface area contributed by atoms with Gasteiger partial charge in [-0.15, -0.1) is 5.10 Å². The number of nitrogens with zero attached hydrogens (tertiary/aromatic N) is 3. The van der Waals surface area contributed by atoms with Crippen molar-refractivity contribution in [2.45, 2.75) is 0 Å². The molecule has 0 aliphatic heterocycles. The number of ether oxygens (including phenoxy) is 2. The maximum Gasteiger partial charge on any atom is 0.348 e. The first-order chi connectivity index (χ1) is 9.58. The number of fused-ring (bicyclic) bond motifs is 3. The predicted octanol–water partition coefficient (Wildman–Crippen LogP) is -0.108. The third-order valence-corrected chi connectivity index (χ3v) is 3.25. The Hall–Kier alpha value is -2.77. The normalized spacial score (nSPS) is 11.2. The highest BCUT2D eigenvalue weighted by atomic mass is 16.5. The molecule has 0 saturated carbocycles. The van der Waals surface area contributed by atoms with Crippen molar-refractivity contribution in [3.8, 4) is 11.5 Å². The average Bonchev–Trinajstić information content (AvgIpc) is 2.85. The first-order valence-corrected chi connectivity index (χ1v) is 5.80. The third-order valence-electron chi connectivity index (χ3n) is 3.25. The van der Waals surface area contributed by atoms with Gasteiger partial charge in [0, 0.05) is 19.2 Å². The summed E-state index contributed by atoms with van der Waals surface area (Å²) in [5.41, 5.74) is 0.248. The van der Waals surface area contributed by atoms with Crippen LogP contribution in [0.15, 0.2) is 21.7 Å². The number of aryl methyl sites for hydroxylation is 1. The topological polar surface area (TPSA) is 90.6 Å². The van der Waals surface area contributed by atoms with Gasteiger partial charge in [-0.2, -0.15) is 0 Å². The van der Waals surface area contributed by atoms with Crippen LogP contribution in [0.5, 0.6) is 11.5 Å². The third kappa shape index (κ3) is 1.44. The van der Waals surface area contributed by atoms with Crippen molar-refractivity contribution in [1.82, 2.24) is 19.2 Å². The van der Waals surface area contributed by atoms with E-state index in [1.54, 1.807) is 19.2 Å². The molecule has 0 aliphatic rings. The molecule has 20 heavy (non-hydrogen) atoms. The molecule has 0 aliphatic carbocycles. The van der Waals surface area contributed by atoms with Crippen LogP contribution in [0.4, 0.5) is 0 Å². The highest BCUT2D eigenvalue weighted by molar-refractivity contribution is 5.82. The van der Waals surface area contributed by atoms with Crippen molar-refractivity contribution >= 4 is 16.7 Å². The molecule has 8 heteroatoms. The number of H-pyrrole nitrogens is 1. The Morgan fingerprint density at radius 1 is 1.10 bits per heavy atom.